The summed E-state index contributed by atoms with van der Waals surface area (Å²) in [5.41, 5.74) is 1.33. The van der Waals surface area contributed by atoms with Gasteiger partial charge >= 0.3 is 5.97 Å². The number of ether oxygens (including phenoxy) is 1. The summed E-state index contributed by atoms with van der Waals surface area (Å²) < 4.78 is 5.94. The summed E-state index contributed by atoms with van der Waals surface area (Å²) in [6.07, 6.45) is 1.14. The monoisotopic (exact) mass is 340 g/mol. The van der Waals surface area contributed by atoms with E-state index in [9.17, 15) is 4.79 Å². The number of anilines is 1. The first-order valence-corrected chi connectivity index (χ1v) is 8.29. The number of carboxylic acid groups (broad SMARTS) is 1. The van der Waals surface area contributed by atoms with Gasteiger partial charge in [0, 0.05) is 24.0 Å². The molecule has 0 saturated carbocycles. The van der Waals surface area contributed by atoms with E-state index in [1.165, 1.54) is 0 Å². The van der Waals surface area contributed by atoms with Gasteiger partial charge in [-0.2, -0.15) is 0 Å². The number of fused-ring (bicyclic) bond motifs is 3. The lowest BCUT2D eigenvalue weighted by Crippen LogP contribution is -2.53. The van der Waals surface area contributed by atoms with Gasteiger partial charge in [0.1, 0.15) is 17.8 Å². The number of H-pyrrole nitrogens is 1. The molecule has 0 amide bonds. The Balaban J connectivity index is 1.81. The molecule has 3 heterocycles. The topological polar surface area (TPSA) is 91.3 Å². The summed E-state index contributed by atoms with van der Waals surface area (Å²) in [6.45, 7) is 5.07. The van der Waals surface area contributed by atoms with E-state index in [0.29, 0.717) is 13.1 Å². The number of hydrogen-bond acceptors (Lipinski definition) is 5. The lowest BCUT2D eigenvalue weighted by molar-refractivity contribution is -0.145. The number of benzene rings is 1. The molecule has 1 aliphatic rings. The molecule has 7 heteroatoms. The van der Waals surface area contributed by atoms with Crippen LogP contribution < -0.4 is 4.90 Å². The first-order valence-electron chi connectivity index (χ1n) is 8.29. The maximum absolute atomic E-state index is 11.1. The molecule has 0 radical (unpaired) electrons. The van der Waals surface area contributed by atoms with Crippen molar-refractivity contribution in [2.45, 2.75) is 32.0 Å². The highest BCUT2D eigenvalue weighted by Gasteiger charge is 2.35. The molecule has 1 aliphatic heterocycles. The average Bonchev–Trinajstić information content (AvgIpc) is 2.91. The Morgan fingerprint density at radius 3 is 3.00 bits per heavy atom. The lowest BCUT2D eigenvalue weighted by atomic mass is 10.0. The van der Waals surface area contributed by atoms with Gasteiger partial charge in [-0.05, 0) is 19.9 Å². The number of carbonyl (C=O) groups is 1. The normalized spacial score (nSPS) is 20.2. The van der Waals surface area contributed by atoms with Crippen molar-refractivity contribution in [2.75, 3.05) is 18.0 Å². The van der Waals surface area contributed by atoms with E-state index in [4.69, 9.17) is 9.84 Å². The second-order valence-corrected chi connectivity index (χ2v) is 7.07. The van der Waals surface area contributed by atoms with Crippen molar-refractivity contribution in [1.29, 1.82) is 0 Å². The summed E-state index contributed by atoms with van der Waals surface area (Å²) in [5, 5.41) is 11.2. The predicted molar refractivity (Wildman–Crippen MR) is 94.8 cm³/mol. The Labute approximate surface area is 144 Å². The maximum Gasteiger partial charge on any atom is 0.306 e. The second-order valence-electron chi connectivity index (χ2n) is 7.07. The fourth-order valence-corrected chi connectivity index (χ4v) is 3.65. The SMILES string of the molecule is CC1(C)CN(c2ncnc3[nH]c4ccccc4c23)CC(CC(=O)O)O1. The van der Waals surface area contributed by atoms with Crippen LogP contribution in [-0.4, -0.2) is 50.8 Å². The molecular formula is C18H20N4O3. The first-order chi connectivity index (χ1) is 11.9. The Morgan fingerprint density at radius 2 is 2.20 bits per heavy atom. The van der Waals surface area contributed by atoms with Gasteiger partial charge in [0.25, 0.3) is 0 Å². The van der Waals surface area contributed by atoms with Crippen molar-refractivity contribution < 1.29 is 14.6 Å². The maximum atomic E-state index is 11.1. The van der Waals surface area contributed by atoms with Crippen LogP contribution in [0.2, 0.25) is 0 Å². The van der Waals surface area contributed by atoms with Crippen LogP contribution in [0.15, 0.2) is 30.6 Å². The molecule has 0 aliphatic carbocycles. The molecule has 130 valence electrons. The van der Waals surface area contributed by atoms with E-state index < -0.39 is 11.6 Å². The average molecular weight is 340 g/mol. The molecule has 3 aromatic rings. The molecule has 1 saturated heterocycles. The number of nitrogens with zero attached hydrogens (tertiary/aromatic N) is 3. The Bertz CT molecular complexity index is 950. The molecule has 1 atom stereocenters. The highest BCUT2D eigenvalue weighted by Crippen LogP contribution is 2.34. The van der Waals surface area contributed by atoms with Gasteiger partial charge < -0.3 is 19.7 Å². The number of hydrogen-bond donors (Lipinski definition) is 2. The Hall–Kier alpha value is -2.67. The minimum atomic E-state index is -0.859. The molecule has 25 heavy (non-hydrogen) atoms. The summed E-state index contributed by atoms with van der Waals surface area (Å²) >= 11 is 0. The molecule has 7 nitrogen and oxygen atoms in total. The number of rotatable bonds is 3. The van der Waals surface area contributed by atoms with E-state index in [1.807, 2.05) is 38.1 Å². The smallest absolute Gasteiger partial charge is 0.306 e. The van der Waals surface area contributed by atoms with Crippen molar-refractivity contribution in [3.05, 3.63) is 30.6 Å². The number of aromatic amines is 1. The van der Waals surface area contributed by atoms with E-state index in [0.717, 1.165) is 27.8 Å². The molecule has 1 aromatic carbocycles. The zero-order valence-corrected chi connectivity index (χ0v) is 14.2. The summed E-state index contributed by atoms with van der Waals surface area (Å²) in [4.78, 5) is 25.5. The van der Waals surface area contributed by atoms with Gasteiger partial charge in [-0.15, -0.1) is 0 Å². The Morgan fingerprint density at radius 1 is 1.40 bits per heavy atom. The largest absolute Gasteiger partial charge is 0.481 e. The van der Waals surface area contributed by atoms with Gasteiger partial charge in [0.05, 0.1) is 23.5 Å². The third kappa shape index (κ3) is 2.91. The van der Waals surface area contributed by atoms with Gasteiger partial charge in [0.15, 0.2) is 0 Å². The number of para-hydroxylation sites is 1. The van der Waals surface area contributed by atoms with E-state index in [2.05, 4.69) is 19.9 Å². The number of carboxylic acids is 1. The van der Waals surface area contributed by atoms with Crippen LogP contribution in [-0.2, 0) is 9.53 Å². The molecule has 0 bridgehead atoms. The summed E-state index contributed by atoms with van der Waals surface area (Å²) in [5.74, 6) is -0.0446. The van der Waals surface area contributed by atoms with Crippen LogP contribution in [0.3, 0.4) is 0 Å². The van der Waals surface area contributed by atoms with E-state index >= 15 is 0 Å². The highest BCUT2D eigenvalue weighted by molar-refractivity contribution is 6.11. The fourth-order valence-electron chi connectivity index (χ4n) is 3.65. The van der Waals surface area contributed by atoms with Crippen molar-refractivity contribution in [1.82, 2.24) is 15.0 Å². The predicted octanol–water partition coefficient (Wildman–Crippen LogP) is 2.57. The molecule has 1 fully saturated rings. The third-order valence-electron chi connectivity index (χ3n) is 4.46. The van der Waals surface area contributed by atoms with Gasteiger partial charge in [-0.3, -0.25) is 4.79 Å². The van der Waals surface area contributed by atoms with Crippen molar-refractivity contribution in [3.8, 4) is 0 Å². The minimum absolute atomic E-state index is 0.0258. The van der Waals surface area contributed by atoms with Gasteiger partial charge in [0.2, 0.25) is 0 Å². The van der Waals surface area contributed by atoms with Crippen LogP contribution in [0.5, 0.6) is 0 Å². The van der Waals surface area contributed by atoms with Gasteiger partial charge in [-0.25, -0.2) is 9.97 Å². The van der Waals surface area contributed by atoms with Crippen LogP contribution in [0.1, 0.15) is 20.3 Å². The van der Waals surface area contributed by atoms with Crippen molar-refractivity contribution in [3.63, 3.8) is 0 Å². The van der Waals surface area contributed by atoms with Crippen LogP contribution in [0.25, 0.3) is 21.9 Å². The van der Waals surface area contributed by atoms with Crippen molar-refractivity contribution >= 4 is 33.7 Å². The zero-order valence-electron chi connectivity index (χ0n) is 14.2. The molecule has 1 unspecified atom stereocenters. The fraction of sp³-hybridized carbons (Fsp3) is 0.389. The highest BCUT2D eigenvalue weighted by atomic mass is 16.5. The number of aromatic nitrogens is 3. The first kappa shape index (κ1) is 15.8. The second kappa shape index (κ2) is 5.70. The number of morpholine rings is 1. The minimum Gasteiger partial charge on any atom is -0.481 e. The molecule has 2 N–H and O–H groups in total. The summed E-state index contributed by atoms with van der Waals surface area (Å²) in [7, 11) is 0. The van der Waals surface area contributed by atoms with Crippen molar-refractivity contribution in [2.24, 2.45) is 0 Å². The van der Waals surface area contributed by atoms with E-state index in [-0.39, 0.29) is 12.5 Å². The molecule has 0 spiro atoms. The molecule has 2 aromatic heterocycles. The van der Waals surface area contributed by atoms with Crippen LogP contribution in [0, 0.1) is 0 Å². The third-order valence-corrected chi connectivity index (χ3v) is 4.46. The van der Waals surface area contributed by atoms with Crippen LogP contribution in [0.4, 0.5) is 5.82 Å². The number of aliphatic carboxylic acids is 1. The molecule has 4 rings (SSSR count). The lowest BCUT2D eigenvalue weighted by Gasteiger charge is -2.43. The van der Waals surface area contributed by atoms with Gasteiger partial charge in [-0.1, -0.05) is 18.2 Å². The van der Waals surface area contributed by atoms with E-state index in [1.54, 1.807) is 6.33 Å². The molecular weight excluding hydrogens is 320 g/mol. The van der Waals surface area contributed by atoms with Crippen LogP contribution >= 0.6 is 0 Å². The quantitative estimate of drug-likeness (QED) is 0.761. The number of nitrogens with one attached hydrogen (secondary N) is 1. The Kier molecular flexibility index (Phi) is 3.61. The standard InChI is InChI=1S/C18H20N4O3/c1-18(2)9-22(8-11(25-18)7-14(23)24)17-15-12-5-3-4-6-13(12)21-16(15)19-10-20-17/h3-6,10-11H,7-9H2,1-2H3,(H,23,24)(H,19,20,21). The summed E-state index contributed by atoms with van der Waals surface area (Å²) in [6, 6.07) is 8.02. The zero-order chi connectivity index (χ0) is 17.6.